The molecule has 0 saturated carbocycles. The first kappa shape index (κ1) is 54.3. The molecule has 6 heteroatoms. The fourth-order valence-electron chi connectivity index (χ4n) is 5.95. The summed E-state index contributed by atoms with van der Waals surface area (Å²) >= 11 is 0. The second kappa shape index (κ2) is 46.0. The minimum absolute atomic E-state index is 0.117. The van der Waals surface area contributed by atoms with E-state index >= 15 is 0 Å². The van der Waals surface area contributed by atoms with Crippen LogP contribution in [0.4, 0.5) is 0 Å². The summed E-state index contributed by atoms with van der Waals surface area (Å²) in [6.45, 7) is 6.26. The summed E-state index contributed by atoms with van der Waals surface area (Å²) in [5.74, 6) is -1.04. The highest BCUT2D eigenvalue weighted by Gasteiger charge is 2.19. The third kappa shape index (κ3) is 43.5. The predicted octanol–water partition coefficient (Wildman–Crippen LogP) is 15.0. The largest absolute Gasteiger partial charge is 0.462 e. The summed E-state index contributed by atoms with van der Waals surface area (Å²) in [5, 5.41) is 0. The van der Waals surface area contributed by atoms with Crippen molar-refractivity contribution in [2.75, 3.05) is 13.2 Å². The van der Waals surface area contributed by atoms with Crippen molar-refractivity contribution in [1.29, 1.82) is 0 Å². The van der Waals surface area contributed by atoms with Crippen molar-refractivity contribution in [3.05, 3.63) is 97.2 Å². The lowest BCUT2D eigenvalue weighted by atomic mass is 10.1. The van der Waals surface area contributed by atoms with E-state index in [1.54, 1.807) is 0 Å². The highest BCUT2D eigenvalue weighted by Crippen LogP contribution is 2.12. The Bertz CT molecular complexity index is 1200. The Kier molecular flexibility index (Phi) is 43.1. The smallest absolute Gasteiger partial charge is 0.306 e. The van der Waals surface area contributed by atoms with Crippen molar-refractivity contribution in [2.24, 2.45) is 0 Å². The molecule has 0 radical (unpaired) electrons. The minimum atomic E-state index is -0.823. The Morgan fingerprint density at radius 3 is 1.36 bits per heavy atom. The van der Waals surface area contributed by atoms with Gasteiger partial charge >= 0.3 is 17.9 Å². The Hall–Kier alpha value is -3.67. The lowest BCUT2D eigenvalue weighted by Crippen LogP contribution is -2.30. The molecule has 0 aliphatic rings. The average molecular weight is 805 g/mol. The molecule has 0 spiro atoms. The van der Waals surface area contributed by atoms with E-state index in [4.69, 9.17) is 14.2 Å². The summed E-state index contributed by atoms with van der Waals surface area (Å²) in [6, 6.07) is 0. The molecular weight excluding hydrogens is 721 g/mol. The monoisotopic (exact) mass is 805 g/mol. The number of ether oxygens (including phenoxy) is 3. The van der Waals surface area contributed by atoms with E-state index in [0.717, 1.165) is 77.0 Å². The molecule has 0 amide bonds. The van der Waals surface area contributed by atoms with E-state index in [2.05, 4.69) is 75.5 Å². The predicted molar refractivity (Wildman–Crippen MR) is 247 cm³/mol. The Balaban J connectivity index is 4.54. The highest BCUT2D eigenvalue weighted by molar-refractivity contribution is 5.71. The van der Waals surface area contributed by atoms with E-state index in [0.29, 0.717) is 19.3 Å². The molecule has 0 N–H and O–H groups in total. The van der Waals surface area contributed by atoms with Gasteiger partial charge in [0.2, 0.25) is 0 Å². The van der Waals surface area contributed by atoms with E-state index in [1.807, 2.05) is 42.5 Å². The van der Waals surface area contributed by atoms with Crippen LogP contribution in [0.2, 0.25) is 0 Å². The second-order valence-electron chi connectivity index (χ2n) is 15.0. The number of allylic oxidation sites excluding steroid dienone is 16. The lowest BCUT2D eigenvalue weighted by Gasteiger charge is -2.18. The molecule has 0 saturated heterocycles. The number of hydrogen-bond acceptors (Lipinski definition) is 6. The van der Waals surface area contributed by atoms with Crippen LogP contribution in [0.1, 0.15) is 194 Å². The summed E-state index contributed by atoms with van der Waals surface area (Å²) in [4.78, 5) is 37.8. The van der Waals surface area contributed by atoms with Crippen LogP contribution in [0.25, 0.3) is 0 Å². The first-order valence-electron chi connectivity index (χ1n) is 23.3. The van der Waals surface area contributed by atoms with E-state index < -0.39 is 6.10 Å². The summed E-state index contributed by atoms with van der Waals surface area (Å²) in [5.41, 5.74) is 0. The van der Waals surface area contributed by atoms with E-state index in [-0.39, 0.29) is 44.0 Å². The standard InChI is InChI=1S/C52H84O6/c1-4-7-10-13-16-19-22-25-28-30-33-36-39-42-45-51(54)57-48-49(58-52(55)46-43-40-37-34-31-27-24-21-18-15-12-9-6-3)47-56-50(53)44-41-38-35-32-29-26-23-20-17-14-11-8-5-2/h7,9-10,12,15-16,18-19,21,24,26-27,29,31,35,38,49H,4-6,8,11,13-14,17,20,22-23,25,28,30,32-34,36-37,39-48H2,1-3H3/b10-7+,12-9+,18-15+,19-16+,24-21+,29-26+,31-27+,38-35+. The van der Waals surface area contributed by atoms with E-state index in [9.17, 15) is 14.4 Å². The number of unbranched alkanes of at least 4 members (excludes halogenated alkanes) is 16. The molecule has 1 unspecified atom stereocenters. The third-order valence-corrected chi connectivity index (χ3v) is 9.41. The number of carbonyl (C=O) groups is 3. The van der Waals surface area contributed by atoms with Gasteiger partial charge in [0.1, 0.15) is 13.2 Å². The molecule has 1 atom stereocenters. The molecule has 0 fully saturated rings. The zero-order chi connectivity index (χ0) is 42.3. The van der Waals surface area contributed by atoms with Gasteiger partial charge in [-0.05, 0) is 83.5 Å². The number of carbonyl (C=O) groups excluding carboxylic acids is 3. The molecule has 0 bridgehead atoms. The zero-order valence-corrected chi connectivity index (χ0v) is 37.3. The maximum Gasteiger partial charge on any atom is 0.306 e. The Labute approximate surface area is 356 Å². The number of esters is 3. The van der Waals surface area contributed by atoms with Crippen molar-refractivity contribution in [1.82, 2.24) is 0 Å². The molecule has 0 heterocycles. The first-order valence-corrected chi connectivity index (χ1v) is 23.3. The van der Waals surface area contributed by atoms with Crippen molar-refractivity contribution < 1.29 is 28.6 Å². The van der Waals surface area contributed by atoms with Crippen LogP contribution in [0.3, 0.4) is 0 Å². The fraction of sp³-hybridized carbons (Fsp3) is 0.635. The van der Waals surface area contributed by atoms with Crippen molar-refractivity contribution in [3.63, 3.8) is 0 Å². The Morgan fingerprint density at radius 2 is 0.793 bits per heavy atom. The van der Waals surface area contributed by atoms with Gasteiger partial charge in [-0.2, -0.15) is 0 Å². The summed E-state index contributed by atoms with van der Waals surface area (Å²) < 4.78 is 16.6. The molecule has 328 valence electrons. The Morgan fingerprint density at radius 1 is 0.379 bits per heavy atom. The van der Waals surface area contributed by atoms with Gasteiger partial charge in [0.15, 0.2) is 6.10 Å². The van der Waals surface area contributed by atoms with Crippen molar-refractivity contribution in [2.45, 2.75) is 200 Å². The molecule has 0 aliphatic carbocycles. The normalized spacial score (nSPS) is 12.9. The molecule has 58 heavy (non-hydrogen) atoms. The SMILES string of the molecule is CC/C=C/C=C/C=C/C=C/CCCCCC(=O)OC(COC(=O)CC/C=C/C/C=C/CCCCCCCC)COC(=O)CCCCCCCCC/C=C/C/C=C/CC. The van der Waals surface area contributed by atoms with E-state index in [1.165, 1.54) is 64.2 Å². The molecule has 6 nitrogen and oxygen atoms in total. The molecule has 0 rings (SSSR count). The van der Waals surface area contributed by atoms with Gasteiger partial charge in [0.25, 0.3) is 0 Å². The fourth-order valence-corrected chi connectivity index (χ4v) is 5.95. The van der Waals surface area contributed by atoms with Gasteiger partial charge in [0.05, 0.1) is 0 Å². The second-order valence-corrected chi connectivity index (χ2v) is 15.0. The topological polar surface area (TPSA) is 78.9 Å². The van der Waals surface area contributed by atoms with Gasteiger partial charge < -0.3 is 14.2 Å². The summed E-state index contributed by atoms with van der Waals surface area (Å²) in [6.07, 6.45) is 59.7. The lowest BCUT2D eigenvalue weighted by molar-refractivity contribution is -0.166. The van der Waals surface area contributed by atoms with Gasteiger partial charge in [-0.1, -0.05) is 189 Å². The number of hydrogen-bond donors (Lipinski definition) is 0. The quantitative estimate of drug-likeness (QED) is 0.0202. The van der Waals surface area contributed by atoms with Gasteiger partial charge in [-0.25, -0.2) is 0 Å². The molecule has 0 aromatic rings. The van der Waals surface area contributed by atoms with Gasteiger partial charge in [-0.15, -0.1) is 0 Å². The van der Waals surface area contributed by atoms with Crippen LogP contribution in [0, 0.1) is 0 Å². The third-order valence-electron chi connectivity index (χ3n) is 9.41. The van der Waals surface area contributed by atoms with Gasteiger partial charge in [0, 0.05) is 19.3 Å². The maximum absolute atomic E-state index is 12.7. The number of rotatable bonds is 40. The summed E-state index contributed by atoms with van der Waals surface area (Å²) in [7, 11) is 0. The van der Waals surface area contributed by atoms with Crippen LogP contribution in [0.5, 0.6) is 0 Å². The minimum Gasteiger partial charge on any atom is -0.462 e. The van der Waals surface area contributed by atoms with Crippen LogP contribution in [-0.2, 0) is 28.6 Å². The molecular formula is C52H84O6. The van der Waals surface area contributed by atoms with Crippen molar-refractivity contribution >= 4 is 17.9 Å². The zero-order valence-electron chi connectivity index (χ0n) is 37.3. The molecule has 0 aromatic heterocycles. The van der Waals surface area contributed by atoms with Gasteiger partial charge in [-0.3, -0.25) is 14.4 Å². The first-order chi connectivity index (χ1) is 28.5. The maximum atomic E-state index is 12.7. The van der Waals surface area contributed by atoms with Crippen LogP contribution in [-0.4, -0.2) is 37.2 Å². The molecule has 0 aliphatic heterocycles. The van der Waals surface area contributed by atoms with Crippen LogP contribution < -0.4 is 0 Å². The van der Waals surface area contributed by atoms with Crippen LogP contribution in [0.15, 0.2) is 97.2 Å². The van der Waals surface area contributed by atoms with Crippen LogP contribution >= 0.6 is 0 Å². The average Bonchev–Trinajstić information content (AvgIpc) is 3.22. The highest BCUT2D eigenvalue weighted by atomic mass is 16.6. The molecule has 0 aromatic carbocycles. The van der Waals surface area contributed by atoms with Crippen molar-refractivity contribution in [3.8, 4) is 0 Å².